The van der Waals surface area contributed by atoms with Gasteiger partial charge in [0.2, 0.25) is 11.9 Å². The van der Waals surface area contributed by atoms with Crippen LogP contribution in [0.2, 0.25) is 0 Å². The summed E-state index contributed by atoms with van der Waals surface area (Å²) in [7, 11) is 1.68. The molecule has 6 nitrogen and oxygen atoms in total. The van der Waals surface area contributed by atoms with Crippen LogP contribution in [0.3, 0.4) is 0 Å². The molecule has 6 heteroatoms. The highest BCUT2D eigenvalue weighted by Gasteiger charge is 2.40. The van der Waals surface area contributed by atoms with Gasteiger partial charge >= 0.3 is 0 Å². The lowest BCUT2D eigenvalue weighted by molar-refractivity contribution is -0.128. The number of carbonyl (C=O) groups is 1. The van der Waals surface area contributed by atoms with Crippen molar-refractivity contribution in [3.63, 3.8) is 0 Å². The third kappa shape index (κ3) is 2.77. The van der Waals surface area contributed by atoms with Gasteiger partial charge in [-0.3, -0.25) is 4.79 Å². The number of rotatable bonds is 4. The standard InChI is InChI=1S/C13H21N5O/c1-4-15-12-16-7-5-10(17-12)18-8-6-13(2,9-18)11(19)14-3/h5,7H,4,6,8-9H2,1-3H3,(H,14,19)(H,15,16,17). The smallest absolute Gasteiger partial charge is 0.227 e. The second-order valence-corrected chi connectivity index (χ2v) is 5.08. The zero-order chi connectivity index (χ0) is 13.9. The van der Waals surface area contributed by atoms with Gasteiger partial charge in [-0.05, 0) is 26.3 Å². The van der Waals surface area contributed by atoms with E-state index in [-0.39, 0.29) is 11.3 Å². The predicted octanol–water partition coefficient (Wildman–Crippen LogP) is 0.871. The first-order chi connectivity index (χ1) is 9.09. The fraction of sp³-hybridized carbons (Fsp3) is 0.615. The molecule has 1 amide bonds. The van der Waals surface area contributed by atoms with Gasteiger partial charge < -0.3 is 15.5 Å². The van der Waals surface area contributed by atoms with Crippen LogP contribution in [0.25, 0.3) is 0 Å². The maximum Gasteiger partial charge on any atom is 0.227 e. The summed E-state index contributed by atoms with van der Waals surface area (Å²) in [6.07, 6.45) is 2.59. The number of hydrogen-bond acceptors (Lipinski definition) is 5. The van der Waals surface area contributed by atoms with Crippen molar-refractivity contribution in [2.75, 3.05) is 36.9 Å². The zero-order valence-corrected chi connectivity index (χ0v) is 11.7. The summed E-state index contributed by atoms with van der Waals surface area (Å²) in [6, 6.07) is 1.89. The van der Waals surface area contributed by atoms with E-state index in [9.17, 15) is 4.79 Å². The summed E-state index contributed by atoms with van der Waals surface area (Å²) in [5.74, 6) is 1.60. The SMILES string of the molecule is CCNc1nccc(N2CCC(C)(C(=O)NC)C2)n1. The minimum atomic E-state index is -0.335. The van der Waals surface area contributed by atoms with Gasteiger partial charge in [0.25, 0.3) is 0 Å². The van der Waals surface area contributed by atoms with Crippen LogP contribution in [-0.2, 0) is 4.79 Å². The summed E-state index contributed by atoms with van der Waals surface area (Å²) in [6.45, 7) is 6.33. The summed E-state index contributed by atoms with van der Waals surface area (Å²) >= 11 is 0. The zero-order valence-electron chi connectivity index (χ0n) is 11.7. The molecule has 1 aromatic rings. The average molecular weight is 263 g/mol. The second kappa shape index (κ2) is 5.42. The van der Waals surface area contributed by atoms with Crippen LogP contribution < -0.4 is 15.5 Å². The first-order valence-electron chi connectivity index (χ1n) is 6.63. The Bertz CT molecular complexity index is 464. The summed E-state index contributed by atoms with van der Waals surface area (Å²) in [5, 5.41) is 5.84. The number of nitrogens with one attached hydrogen (secondary N) is 2. The molecule has 1 fully saturated rings. The van der Waals surface area contributed by atoms with Gasteiger partial charge in [0.15, 0.2) is 0 Å². The first kappa shape index (κ1) is 13.6. The Balaban J connectivity index is 2.12. The van der Waals surface area contributed by atoms with E-state index in [0.29, 0.717) is 12.5 Å². The van der Waals surface area contributed by atoms with Crippen LogP contribution in [0.4, 0.5) is 11.8 Å². The van der Waals surface area contributed by atoms with Gasteiger partial charge in [-0.2, -0.15) is 4.98 Å². The third-order valence-corrected chi connectivity index (χ3v) is 3.55. The molecule has 2 heterocycles. The molecule has 0 bridgehead atoms. The molecule has 1 aliphatic heterocycles. The Morgan fingerprint density at radius 3 is 3.05 bits per heavy atom. The summed E-state index contributed by atoms with van der Waals surface area (Å²) < 4.78 is 0. The number of nitrogens with zero attached hydrogens (tertiary/aromatic N) is 3. The molecule has 0 spiro atoms. The highest BCUT2D eigenvalue weighted by molar-refractivity contribution is 5.83. The minimum absolute atomic E-state index is 0.0935. The minimum Gasteiger partial charge on any atom is -0.359 e. The lowest BCUT2D eigenvalue weighted by atomic mass is 9.89. The van der Waals surface area contributed by atoms with Gasteiger partial charge in [-0.1, -0.05) is 0 Å². The van der Waals surface area contributed by atoms with Crippen LogP contribution in [0, 0.1) is 5.41 Å². The number of carbonyl (C=O) groups excluding carboxylic acids is 1. The Morgan fingerprint density at radius 2 is 2.37 bits per heavy atom. The van der Waals surface area contributed by atoms with E-state index >= 15 is 0 Å². The molecule has 0 saturated carbocycles. The van der Waals surface area contributed by atoms with Crippen molar-refractivity contribution in [2.24, 2.45) is 5.41 Å². The Morgan fingerprint density at radius 1 is 1.58 bits per heavy atom. The molecule has 0 radical (unpaired) electrons. The average Bonchev–Trinajstić information content (AvgIpc) is 2.82. The predicted molar refractivity (Wildman–Crippen MR) is 75.2 cm³/mol. The van der Waals surface area contributed by atoms with Gasteiger partial charge in [0, 0.05) is 32.9 Å². The lowest BCUT2D eigenvalue weighted by Crippen LogP contribution is -2.39. The van der Waals surface area contributed by atoms with Crippen molar-refractivity contribution in [3.8, 4) is 0 Å². The van der Waals surface area contributed by atoms with Crippen LogP contribution in [-0.4, -0.2) is 42.6 Å². The van der Waals surface area contributed by atoms with E-state index in [1.165, 1.54) is 0 Å². The van der Waals surface area contributed by atoms with E-state index in [2.05, 4.69) is 25.5 Å². The molecule has 1 unspecified atom stereocenters. The van der Waals surface area contributed by atoms with E-state index in [4.69, 9.17) is 0 Å². The molecule has 0 aromatic carbocycles. The van der Waals surface area contributed by atoms with E-state index in [0.717, 1.165) is 25.3 Å². The molecule has 1 saturated heterocycles. The highest BCUT2D eigenvalue weighted by Crippen LogP contribution is 2.32. The van der Waals surface area contributed by atoms with Gasteiger partial charge in [0.1, 0.15) is 5.82 Å². The molecular weight excluding hydrogens is 242 g/mol. The molecule has 0 aliphatic carbocycles. The van der Waals surface area contributed by atoms with Crippen molar-refractivity contribution in [2.45, 2.75) is 20.3 Å². The largest absolute Gasteiger partial charge is 0.359 e. The molecule has 1 aromatic heterocycles. The first-order valence-corrected chi connectivity index (χ1v) is 6.63. The van der Waals surface area contributed by atoms with Gasteiger partial charge in [-0.15, -0.1) is 0 Å². The van der Waals surface area contributed by atoms with Gasteiger partial charge in [-0.25, -0.2) is 4.98 Å². The van der Waals surface area contributed by atoms with Crippen molar-refractivity contribution < 1.29 is 4.79 Å². The Labute approximate surface area is 113 Å². The van der Waals surface area contributed by atoms with Crippen molar-refractivity contribution >= 4 is 17.7 Å². The van der Waals surface area contributed by atoms with Crippen LogP contribution in [0.5, 0.6) is 0 Å². The van der Waals surface area contributed by atoms with Crippen LogP contribution >= 0.6 is 0 Å². The number of amides is 1. The molecule has 1 aliphatic rings. The van der Waals surface area contributed by atoms with E-state index in [1.807, 2.05) is 19.9 Å². The second-order valence-electron chi connectivity index (χ2n) is 5.08. The topological polar surface area (TPSA) is 70.2 Å². The lowest BCUT2D eigenvalue weighted by Gasteiger charge is -2.23. The third-order valence-electron chi connectivity index (χ3n) is 3.55. The molecule has 2 rings (SSSR count). The van der Waals surface area contributed by atoms with Crippen LogP contribution in [0.15, 0.2) is 12.3 Å². The number of hydrogen-bond donors (Lipinski definition) is 2. The number of anilines is 2. The number of aromatic nitrogens is 2. The van der Waals surface area contributed by atoms with Gasteiger partial charge in [0.05, 0.1) is 5.41 Å². The Kier molecular flexibility index (Phi) is 3.87. The molecule has 1 atom stereocenters. The molecule has 2 N–H and O–H groups in total. The van der Waals surface area contributed by atoms with E-state index in [1.54, 1.807) is 13.2 Å². The Hall–Kier alpha value is -1.85. The molecular formula is C13H21N5O. The van der Waals surface area contributed by atoms with Crippen molar-refractivity contribution in [3.05, 3.63) is 12.3 Å². The van der Waals surface area contributed by atoms with Crippen LogP contribution in [0.1, 0.15) is 20.3 Å². The van der Waals surface area contributed by atoms with Crippen molar-refractivity contribution in [1.82, 2.24) is 15.3 Å². The summed E-state index contributed by atoms with van der Waals surface area (Å²) in [4.78, 5) is 22.7. The fourth-order valence-corrected chi connectivity index (χ4v) is 2.41. The highest BCUT2D eigenvalue weighted by atomic mass is 16.2. The van der Waals surface area contributed by atoms with E-state index < -0.39 is 0 Å². The molecule has 19 heavy (non-hydrogen) atoms. The maximum absolute atomic E-state index is 11.9. The maximum atomic E-state index is 11.9. The monoisotopic (exact) mass is 263 g/mol. The molecule has 104 valence electrons. The fourth-order valence-electron chi connectivity index (χ4n) is 2.41. The van der Waals surface area contributed by atoms with Crippen molar-refractivity contribution in [1.29, 1.82) is 0 Å². The summed E-state index contributed by atoms with van der Waals surface area (Å²) in [5.41, 5.74) is -0.335. The quantitative estimate of drug-likeness (QED) is 0.843. The normalized spacial score (nSPS) is 22.4.